The highest BCUT2D eigenvalue weighted by molar-refractivity contribution is 5.76. The Hall–Kier alpha value is -0.730. The number of fused-ring (bicyclic) bond motifs is 5. The molecule has 1 amide bonds. The van der Waals surface area contributed by atoms with Crippen molar-refractivity contribution in [3.8, 4) is 0 Å². The predicted molar refractivity (Wildman–Crippen MR) is 192 cm³/mol. The topological polar surface area (TPSA) is 108 Å². The molecule has 0 spiro atoms. The average Bonchev–Trinajstić information content (AvgIpc) is 3.36. The highest BCUT2D eigenvalue weighted by Crippen LogP contribution is 2.68. The normalized spacial score (nSPS) is 36.5. The van der Waals surface area contributed by atoms with Crippen LogP contribution in [0.5, 0.6) is 0 Å². The van der Waals surface area contributed by atoms with E-state index in [0.717, 1.165) is 65.0 Å². The van der Waals surface area contributed by atoms with Crippen LogP contribution in [-0.4, -0.2) is 84.3 Å². The summed E-state index contributed by atoms with van der Waals surface area (Å²) in [6.45, 7) is 22.0. The van der Waals surface area contributed by atoms with Gasteiger partial charge in [-0.25, -0.2) is 0 Å². The first-order valence-electron chi connectivity index (χ1n) is 19.7. The van der Waals surface area contributed by atoms with E-state index in [2.05, 4.69) is 63.6 Å². The second kappa shape index (κ2) is 16.8. The van der Waals surface area contributed by atoms with Crippen LogP contribution in [0.15, 0.2) is 0 Å². The van der Waals surface area contributed by atoms with Crippen LogP contribution >= 0.6 is 0 Å². The quantitative estimate of drug-likeness (QED) is 0.144. The van der Waals surface area contributed by atoms with Crippen molar-refractivity contribution in [3.05, 3.63) is 0 Å². The fourth-order valence-electron chi connectivity index (χ4n) is 11.8. The fourth-order valence-corrected chi connectivity index (χ4v) is 11.8. The van der Waals surface area contributed by atoms with Crippen molar-refractivity contribution in [2.45, 2.75) is 156 Å². The molecule has 0 aromatic carbocycles. The molecule has 0 heterocycles. The lowest BCUT2D eigenvalue weighted by atomic mass is 9.43. The van der Waals surface area contributed by atoms with E-state index in [0.29, 0.717) is 64.7 Å². The first-order chi connectivity index (χ1) is 21.9. The van der Waals surface area contributed by atoms with Crippen molar-refractivity contribution in [2.75, 3.05) is 39.3 Å². The molecule has 0 bridgehead atoms. The number of amides is 1. The van der Waals surface area contributed by atoms with Gasteiger partial charge in [0, 0.05) is 24.5 Å². The Morgan fingerprint density at radius 1 is 0.848 bits per heavy atom. The lowest BCUT2D eigenvalue weighted by Gasteiger charge is -2.62. The van der Waals surface area contributed by atoms with Crippen LogP contribution in [0.4, 0.5) is 0 Å². The Balaban J connectivity index is 1.31. The van der Waals surface area contributed by atoms with Gasteiger partial charge in [0.1, 0.15) is 0 Å². The van der Waals surface area contributed by atoms with E-state index in [9.17, 15) is 9.90 Å². The van der Waals surface area contributed by atoms with E-state index in [1.165, 1.54) is 51.4 Å². The molecule has 0 radical (unpaired) electrons. The van der Waals surface area contributed by atoms with Crippen molar-refractivity contribution in [1.29, 1.82) is 0 Å². The molecule has 4 saturated carbocycles. The number of nitrogens with two attached hydrogens (primary N) is 2. The van der Waals surface area contributed by atoms with Crippen molar-refractivity contribution in [1.82, 2.24) is 15.1 Å². The summed E-state index contributed by atoms with van der Waals surface area (Å²) in [5, 5.41) is 15.8. The van der Waals surface area contributed by atoms with E-state index >= 15 is 0 Å². The van der Waals surface area contributed by atoms with Gasteiger partial charge in [0.25, 0.3) is 0 Å². The third-order valence-corrected chi connectivity index (χ3v) is 14.1. The van der Waals surface area contributed by atoms with Crippen molar-refractivity contribution < 1.29 is 9.90 Å². The maximum atomic E-state index is 13.2. The van der Waals surface area contributed by atoms with Crippen LogP contribution in [-0.2, 0) is 4.79 Å². The number of nitrogens with one attached hydrogen (secondary N) is 1. The van der Waals surface area contributed by atoms with E-state index < -0.39 is 0 Å². The molecule has 7 nitrogen and oxygen atoms in total. The van der Waals surface area contributed by atoms with Gasteiger partial charge in [-0.3, -0.25) is 4.79 Å². The molecule has 46 heavy (non-hydrogen) atoms. The molecule has 4 aliphatic carbocycles. The molecule has 6 N–H and O–H groups in total. The number of carbonyl (C=O) groups is 1. The van der Waals surface area contributed by atoms with Gasteiger partial charge in [0.2, 0.25) is 5.91 Å². The molecule has 4 aliphatic rings. The lowest BCUT2D eigenvalue weighted by Crippen LogP contribution is -2.59. The first kappa shape index (κ1) is 38.1. The Labute approximate surface area is 283 Å². The van der Waals surface area contributed by atoms with Gasteiger partial charge in [0.15, 0.2) is 0 Å². The summed E-state index contributed by atoms with van der Waals surface area (Å²) in [6, 6.07) is 1.09. The molecular weight excluding hydrogens is 570 g/mol. The summed E-state index contributed by atoms with van der Waals surface area (Å²) in [7, 11) is 0. The average molecular weight is 646 g/mol. The molecule has 0 aromatic rings. The number of carbonyl (C=O) groups excluding carboxylic acids is 1. The summed E-state index contributed by atoms with van der Waals surface area (Å²) in [6.07, 6.45) is 14.7. The zero-order chi connectivity index (χ0) is 33.6. The van der Waals surface area contributed by atoms with Crippen LogP contribution in [0.2, 0.25) is 0 Å². The molecule has 4 fully saturated rings. The summed E-state index contributed by atoms with van der Waals surface area (Å²) in [5.41, 5.74) is 12.2. The molecular formula is C39H75N5O2. The maximum Gasteiger partial charge on any atom is 0.223 e. The van der Waals surface area contributed by atoms with E-state index in [4.69, 9.17) is 11.5 Å². The SMILES string of the molecule is CC(C)N(C(=O)CC[C@@H](C)[C@H]1CCC2C3C(CC[C@@]21C)[C@@]1(C)CC[C@H](NCCCN(CCCN)CCCN)CC1C[C@H]3O)C(C)C. The van der Waals surface area contributed by atoms with Gasteiger partial charge >= 0.3 is 0 Å². The number of rotatable bonds is 17. The second-order valence-corrected chi connectivity index (χ2v) is 17.4. The Morgan fingerprint density at radius 3 is 2.09 bits per heavy atom. The van der Waals surface area contributed by atoms with E-state index in [1.807, 2.05) is 0 Å². The molecule has 0 aliphatic heterocycles. The Kier molecular flexibility index (Phi) is 13.9. The minimum Gasteiger partial charge on any atom is -0.393 e. The van der Waals surface area contributed by atoms with Crippen molar-refractivity contribution >= 4 is 5.91 Å². The minimum absolute atomic E-state index is 0.161. The highest BCUT2D eigenvalue weighted by Gasteiger charge is 2.62. The molecule has 10 atom stereocenters. The third kappa shape index (κ3) is 8.34. The van der Waals surface area contributed by atoms with Gasteiger partial charge in [-0.15, -0.1) is 0 Å². The number of nitrogens with zero attached hydrogens (tertiary/aromatic N) is 2. The van der Waals surface area contributed by atoms with Gasteiger partial charge in [-0.05, 0) is 190 Å². The maximum absolute atomic E-state index is 13.2. The zero-order valence-electron chi connectivity index (χ0n) is 31.1. The smallest absolute Gasteiger partial charge is 0.223 e. The van der Waals surface area contributed by atoms with Crippen LogP contribution < -0.4 is 16.8 Å². The third-order valence-electron chi connectivity index (χ3n) is 14.1. The van der Waals surface area contributed by atoms with Crippen LogP contribution in [0.25, 0.3) is 0 Å². The van der Waals surface area contributed by atoms with E-state index in [-0.39, 0.29) is 18.2 Å². The van der Waals surface area contributed by atoms with Crippen LogP contribution in [0.3, 0.4) is 0 Å². The summed E-state index contributed by atoms with van der Waals surface area (Å²) >= 11 is 0. The summed E-state index contributed by atoms with van der Waals surface area (Å²) in [4.78, 5) is 17.8. The Morgan fingerprint density at radius 2 is 1.46 bits per heavy atom. The molecule has 0 aromatic heterocycles. The predicted octanol–water partition coefficient (Wildman–Crippen LogP) is 6.03. The first-order valence-corrected chi connectivity index (χ1v) is 19.7. The largest absolute Gasteiger partial charge is 0.393 e. The standard InChI is InChI=1S/C39H75N5O2/c1-27(2)44(28(3)4)36(46)14-11-29(5)32-12-13-33-37-34(16-18-39(32,33)7)38(6)17-15-31(25-30(38)26-35(37)45)42-21-10-24-43(22-8-19-40)23-9-20-41/h27-35,37,42,45H,8-26,40-41H2,1-7H3/t29-,30?,31+,32-,33?,34?,35-,37?,38+,39-/m1/s1. The van der Waals surface area contributed by atoms with Crippen molar-refractivity contribution in [3.63, 3.8) is 0 Å². The fraction of sp³-hybridized carbons (Fsp3) is 0.974. The van der Waals surface area contributed by atoms with Gasteiger partial charge < -0.3 is 31.7 Å². The lowest BCUT2D eigenvalue weighted by molar-refractivity contribution is -0.167. The molecule has 268 valence electrons. The summed E-state index contributed by atoms with van der Waals surface area (Å²) in [5.74, 6) is 3.89. The molecule has 0 saturated heterocycles. The monoisotopic (exact) mass is 646 g/mol. The molecule has 4 rings (SSSR count). The number of aliphatic hydroxyl groups is 1. The summed E-state index contributed by atoms with van der Waals surface area (Å²) < 4.78 is 0. The number of hydrogen-bond donors (Lipinski definition) is 4. The molecule has 7 heteroatoms. The van der Waals surface area contributed by atoms with Gasteiger partial charge in [-0.2, -0.15) is 0 Å². The number of hydrogen-bond acceptors (Lipinski definition) is 6. The molecule has 4 unspecified atom stereocenters. The van der Waals surface area contributed by atoms with E-state index in [1.54, 1.807) is 0 Å². The van der Waals surface area contributed by atoms with Crippen LogP contribution in [0, 0.1) is 46.3 Å². The zero-order valence-corrected chi connectivity index (χ0v) is 31.1. The van der Waals surface area contributed by atoms with Gasteiger partial charge in [0.05, 0.1) is 6.10 Å². The van der Waals surface area contributed by atoms with Crippen molar-refractivity contribution in [2.24, 2.45) is 57.8 Å². The highest BCUT2D eigenvalue weighted by atomic mass is 16.3. The number of aliphatic hydroxyl groups excluding tert-OH is 1. The Bertz CT molecular complexity index is 929. The second-order valence-electron chi connectivity index (χ2n) is 17.4. The van der Waals surface area contributed by atoms with Gasteiger partial charge in [-0.1, -0.05) is 20.8 Å². The minimum atomic E-state index is -0.161. The van der Waals surface area contributed by atoms with Crippen LogP contribution in [0.1, 0.15) is 132 Å².